The average molecular weight is 293 g/mol. The number of methoxy groups -OCH3 is 1. The molecule has 0 unspecified atom stereocenters. The molecule has 1 heterocycles. The van der Waals surface area contributed by atoms with Crippen molar-refractivity contribution in [2.45, 2.75) is 6.54 Å². The Morgan fingerprint density at radius 3 is 2.76 bits per heavy atom. The maximum Gasteiger partial charge on any atom is 0.339 e. The number of carbonyl (C=O) groups excluding carboxylic acids is 1. The lowest BCUT2D eigenvalue weighted by atomic mass is 10.1. The molecule has 110 valence electrons. The molecule has 0 aliphatic heterocycles. The first-order chi connectivity index (χ1) is 10.0. The molecule has 0 amide bonds. The number of esters is 1. The van der Waals surface area contributed by atoms with Gasteiger partial charge in [-0.15, -0.1) is 0 Å². The van der Waals surface area contributed by atoms with Crippen LogP contribution in [0.15, 0.2) is 34.9 Å². The highest BCUT2D eigenvalue weighted by Gasteiger charge is 2.14. The van der Waals surface area contributed by atoms with E-state index in [0.29, 0.717) is 5.76 Å². The number of halogens is 1. The summed E-state index contributed by atoms with van der Waals surface area (Å²) in [7, 11) is 1.22. The molecule has 0 fully saturated rings. The number of anilines is 1. The zero-order chi connectivity index (χ0) is 15.4. The van der Waals surface area contributed by atoms with Crippen molar-refractivity contribution in [3.63, 3.8) is 0 Å². The number of hydrogen-bond donors (Lipinski definition) is 2. The third-order valence-corrected chi connectivity index (χ3v) is 2.74. The summed E-state index contributed by atoms with van der Waals surface area (Å²) in [6.45, 7) is 0.0979. The largest absolute Gasteiger partial charge is 0.478 e. The molecule has 0 aliphatic rings. The molecule has 21 heavy (non-hydrogen) atoms. The molecule has 0 bridgehead atoms. The fourth-order valence-electron chi connectivity index (χ4n) is 1.72. The van der Waals surface area contributed by atoms with Gasteiger partial charge in [-0.1, -0.05) is 0 Å². The van der Waals surface area contributed by atoms with Crippen molar-refractivity contribution in [2.24, 2.45) is 0 Å². The third kappa shape index (κ3) is 3.38. The summed E-state index contributed by atoms with van der Waals surface area (Å²) < 4.78 is 22.9. The van der Waals surface area contributed by atoms with E-state index in [4.69, 9.17) is 9.52 Å². The molecule has 6 nitrogen and oxygen atoms in total. The number of carboxylic acids is 1. The van der Waals surface area contributed by atoms with E-state index in [1.165, 1.54) is 19.2 Å². The van der Waals surface area contributed by atoms with Crippen LogP contribution in [0.4, 0.5) is 10.1 Å². The maximum atomic E-state index is 13.3. The van der Waals surface area contributed by atoms with Crippen LogP contribution in [-0.2, 0) is 11.3 Å². The van der Waals surface area contributed by atoms with Gasteiger partial charge in [0.2, 0.25) is 0 Å². The fraction of sp³-hybridized carbons (Fsp3) is 0.143. The average Bonchev–Trinajstić information content (AvgIpc) is 2.93. The van der Waals surface area contributed by atoms with Gasteiger partial charge in [-0.05, 0) is 24.3 Å². The van der Waals surface area contributed by atoms with Gasteiger partial charge in [-0.2, -0.15) is 0 Å². The summed E-state index contributed by atoms with van der Waals surface area (Å²) in [6, 6.07) is 4.93. The highest BCUT2D eigenvalue weighted by molar-refractivity contribution is 5.95. The van der Waals surface area contributed by atoms with E-state index < -0.39 is 17.8 Å². The Morgan fingerprint density at radius 1 is 1.38 bits per heavy atom. The van der Waals surface area contributed by atoms with E-state index >= 15 is 0 Å². The van der Waals surface area contributed by atoms with Crippen LogP contribution in [0.3, 0.4) is 0 Å². The second kappa shape index (κ2) is 6.08. The molecule has 2 N–H and O–H groups in total. The Balaban J connectivity index is 2.16. The van der Waals surface area contributed by atoms with Crippen LogP contribution in [0.2, 0.25) is 0 Å². The normalized spacial score (nSPS) is 10.2. The van der Waals surface area contributed by atoms with Gasteiger partial charge in [-0.25, -0.2) is 14.0 Å². The van der Waals surface area contributed by atoms with Crippen molar-refractivity contribution in [1.29, 1.82) is 0 Å². The van der Waals surface area contributed by atoms with Gasteiger partial charge in [0.1, 0.15) is 17.8 Å². The molecule has 0 aliphatic carbocycles. The quantitative estimate of drug-likeness (QED) is 0.823. The van der Waals surface area contributed by atoms with Crippen LogP contribution >= 0.6 is 0 Å². The molecule has 0 saturated carbocycles. The lowest BCUT2D eigenvalue weighted by Crippen LogP contribution is -2.08. The number of benzene rings is 1. The van der Waals surface area contributed by atoms with Gasteiger partial charge in [0, 0.05) is 0 Å². The van der Waals surface area contributed by atoms with Crippen LogP contribution in [0.25, 0.3) is 0 Å². The van der Waals surface area contributed by atoms with Crippen LogP contribution < -0.4 is 5.32 Å². The Hall–Kier alpha value is -2.83. The van der Waals surface area contributed by atoms with Gasteiger partial charge < -0.3 is 19.6 Å². The molecule has 0 radical (unpaired) electrons. The van der Waals surface area contributed by atoms with Crippen LogP contribution in [0.1, 0.15) is 26.5 Å². The van der Waals surface area contributed by atoms with Crippen molar-refractivity contribution in [3.8, 4) is 0 Å². The first-order valence-electron chi connectivity index (χ1n) is 5.93. The lowest BCUT2D eigenvalue weighted by Gasteiger charge is -2.09. The van der Waals surface area contributed by atoms with Crippen LogP contribution in [0, 0.1) is 5.82 Å². The van der Waals surface area contributed by atoms with E-state index in [2.05, 4.69) is 10.1 Å². The summed E-state index contributed by atoms with van der Waals surface area (Å²) in [4.78, 5) is 22.3. The fourth-order valence-corrected chi connectivity index (χ4v) is 1.72. The topological polar surface area (TPSA) is 88.8 Å². The zero-order valence-corrected chi connectivity index (χ0v) is 11.1. The van der Waals surface area contributed by atoms with E-state index in [-0.39, 0.29) is 23.4 Å². The second-order valence-corrected chi connectivity index (χ2v) is 4.14. The molecule has 2 aromatic rings. The monoisotopic (exact) mass is 293 g/mol. The van der Waals surface area contributed by atoms with Crippen molar-refractivity contribution in [3.05, 3.63) is 53.2 Å². The molecule has 0 atom stereocenters. The second-order valence-electron chi connectivity index (χ2n) is 4.14. The number of ether oxygens (including phenoxy) is 1. The Kier molecular flexibility index (Phi) is 4.22. The predicted octanol–water partition coefficient (Wildman–Crippen LogP) is 2.52. The number of carboxylic acid groups (broad SMARTS) is 1. The number of carbonyl (C=O) groups is 2. The van der Waals surface area contributed by atoms with Gasteiger partial charge in [0.25, 0.3) is 0 Å². The summed E-state index contributed by atoms with van der Waals surface area (Å²) in [5.74, 6) is -1.89. The van der Waals surface area contributed by atoms with Crippen molar-refractivity contribution < 1.29 is 28.2 Å². The Morgan fingerprint density at radius 2 is 2.14 bits per heavy atom. The van der Waals surface area contributed by atoms with Crippen molar-refractivity contribution >= 4 is 17.6 Å². The van der Waals surface area contributed by atoms with E-state index in [1.54, 1.807) is 0 Å². The summed E-state index contributed by atoms with van der Waals surface area (Å²) >= 11 is 0. The van der Waals surface area contributed by atoms with E-state index in [1.807, 2.05) is 0 Å². The maximum absolute atomic E-state index is 13.3. The molecule has 7 heteroatoms. The predicted molar refractivity (Wildman–Crippen MR) is 70.7 cm³/mol. The van der Waals surface area contributed by atoms with E-state index in [9.17, 15) is 14.0 Å². The number of aromatic carboxylic acids is 1. The molecule has 1 aromatic heterocycles. The SMILES string of the molecule is COC(=O)c1ccc(F)cc1NCc1cc(C(=O)O)co1. The first-order valence-corrected chi connectivity index (χ1v) is 5.93. The minimum Gasteiger partial charge on any atom is -0.478 e. The van der Waals surface area contributed by atoms with Crippen LogP contribution in [0.5, 0.6) is 0 Å². The molecule has 0 saturated heterocycles. The summed E-state index contributed by atoms with van der Waals surface area (Å²) in [5.41, 5.74) is 0.415. The van der Waals surface area contributed by atoms with Gasteiger partial charge >= 0.3 is 11.9 Å². The Labute approximate surface area is 119 Å². The number of rotatable bonds is 5. The zero-order valence-electron chi connectivity index (χ0n) is 11.1. The van der Waals surface area contributed by atoms with E-state index in [0.717, 1.165) is 18.4 Å². The Bertz CT molecular complexity index is 680. The number of furan rings is 1. The van der Waals surface area contributed by atoms with Crippen molar-refractivity contribution in [2.75, 3.05) is 12.4 Å². The van der Waals surface area contributed by atoms with Gasteiger partial charge in [0.15, 0.2) is 0 Å². The van der Waals surface area contributed by atoms with Gasteiger partial charge in [-0.3, -0.25) is 0 Å². The minimum absolute atomic E-state index is 0.0132. The molecule has 0 spiro atoms. The lowest BCUT2D eigenvalue weighted by molar-refractivity contribution is 0.0600. The molecular weight excluding hydrogens is 281 g/mol. The highest BCUT2D eigenvalue weighted by atomic mass is 19.1. The summed E-state index contributed by atoms with van der Waals surface area (Å²) in [5, 5.41) is 11.6. The first kappa shape index (κ1) is 14.6. The number of nitrogens with one attached hydrogen (secondary N) is 1. The molecular formula is C14H12FNO5. The highest BCUT2D eigenvalue weighted by Crippen LogP contribution is 2.19. The molecule has 1 aromatic carbocycles. The minimum atomic E-state index is -1.11. The van der Waals surface area contributed by atoms with Crippen LogP contribution in [-0.4, -0.2) is 24.2 Å². The number of hydrogen-bond acceptors (Lipinski definition) is 5. The summed E-state index contributed by atoms with van der Waals surface area (Å²) in [6.07, 6.45) is 1.10. The van der Waals surface area contributed by atoms with Crippen molar-refractivity contribution in [1.82, 2.24) is 0 Å². The standard InChI is InChI=1S/C14H12FNO5/c1-20-14(19)11-3-2-9(15)5-12(11)16-6-10-4-8(7-21-10)13(17)18/h2-5,7,16H,6H2,1H3,(H,17,18). The smallest absolute Gasteiger partial charge is 0.339 e. The van der Waals surface area contributed by atoms with Gasteiger partial charge in [0.05, 0.1) is 30.5 Å². The third-order valence-electron chi connectivity index (χ3n) is 2.74. The molecule has 2 rings (SSSR count).